The van der Waals surface area contributed by atoms with Crippen LogP contribution in [0.4, 0.5) is 0 Å². The molecule has 1 heterocycles. The standard InChI is InChI=1S/C15H23NO3S/c1-18-11-8-16(9-12-19-2)13-15-7-6-14(20-15)5-3-4-10-17/h6-7,17H,4,8-13H2,1-2H3. The van der Waals surface area contributed by atoms with Crippen LogP contribution in [-0.4, -0.2) is 57.1 Å². The maximum atomic E-state index is 8.70. The molecule has 0 radical (unpaired) electrons. The Kier molecular flexibility index (Phi) is 9.29. The van der Waals surface area contributed by atoms with Crippen LogP contribution >= 0.6 is 11.3 Å². The van der Waals surface area contributed by atoms with E-state index in [-0.39, 0.29) is 6.61 Å². The second kappa shape index (κ2) is 10.8. The fourth-order valence-electron chi connectivity index (χ4n) is 1.67. The van der Waals surface area contributed by atoms with Gasteiger partial charge in [-0.1, -0.05) is 11.8 Å². The fraction of sp³-hybridized carbons (Fsp3) is 0.600. The van der Waals surface area contributed by atoms with Crippen LogP contribution in [0.15, 0.2) is 12.1 Å². The summed E-state index contributed by atoms with van der Waals surface area (Å²) in [4.78, 5) is 4.64. The number of aliphatic hydroxyl groups is 1. The van der Waals surface area contributed by atoms with Gasteiger partial charge in [-0.3, -0.25) is 4.90 Å². The minimum absolute atomic E-state index is 0.118. The quantitative estimate of drug-likeness (QED) is 0.703. The highest BCUT2D eigenvalue weighted by atomic mass is 32.1. The van der Waals surface area contributed by atoms with Crippen molar-refractivity contribution in [3.05, 3.63) is 21.9 Å². The van der Waals surface area contributed by atoms with Gasteiger partial charge in [-0.2, -0.15) is 0 Å². The number of aliphatic hydroxyl groups excluding tert-OH is 1. The number of nitrogens with zero attached hydrogens (tertiary/aromatic N) is 1. The molecule has 0 aromatic carbocycles. The Morgan fingerprint density at radius 2 is 1.90 bits per heavy atom. The van der Waals surface area contributed by atoms with E-state index in [0.717, 1.165) is 37.7 Å². The predicted molar refractivity (Wildman–Crippen MR) is 81.9 cm³/mol. The molecule has 5 heteroatoms. The average molecular weight is 297 g/mol. The monoisotopic (exact) mass is 297 g/mol. The van der Waals surface area contributed by atoms with Crippen molar-refractivity contribution in [3.8, 4) is 11.8 Å². The van der Waals surface area contributed by atoms with E-state index >= 15 is 0 Å². The van der Waals surface area contributed by atoms with Crippen molar-refractivity contribution in [2.45, 2.75) is 13.0 Å². The molecule has 0 saturated carbocycles. The van der Waals surface area contributed by atoms with E-state index in [1.54, 1.807) is 25.6 Å². The molecule has 112 valence electrons. The third-order valence-corrected chi connectivity index (χ3v) is 3.70. The van der Waals surface area contributed by atoms with Gasteiger partial charge in [0.2, 0.25) is 0 Å². The van der Waals surface area contributed by atoms with Crippen molar-refractivity contribution in [3.63, 3.8) is 0 Å². The van der Waals surface area contributed by atoms with Crippen molar-refractivity contribution < 1.29 is 14.6 Å². The van der Waals surface area contributed by atoms with E-state index < -0.39 is 0 Å². The van der Waals surface area contributed by atoms with Crippen LogP contribution in [0.1, 0.15) is 16.2 Å². The topological polar surface area (TPSA) is 41.9 Å². The number of rotatable bonds is 9. The number of hydrogen-bond acceptors (Lipinski definition) is 5. The molecule has 1 N–H and O–H groups in total. The molecule has 0 saturated heterocycles. The molecular formula is C15H23NO3S. The molecule has 1 aromatic heterocycles. The minimum Gasteiger partial charge on any atom is -0.395 e. The Balaban J connectivity index is 2.52. The molecule has 1 aromatic rings. The molecule has 1 rings (SSSR count). The summed E-state index contributed by atoms with van der Waals surface area (Å²) in [6, 6.07) is 4.15. The molecule has 0 aliphatic rings. The summed E-state index contributed by atoms with van der Waals surface area (Å²) in [5.41, 5.74) is 0. The van der Waals surface area contributed by atoms with Gasteiger partial charge in [-0.25, -0.2) is 0 Å². The SMILES string of the molecule is COCCN(CCOC)Cc1ccc(C#CCCO)s1. The second-order valence-corrected chi connectivity index (χ2v) is 5.47. The lowest BCUT2D eigenvalue weighted by Crippen LogP contribution is -2.29. The predicted octanol–water partition coefficient (Wildman–Crippen LogP) is 1.58. The first kappa shape index (κ1) is 17.2. The normalized spacial score (nSPS) is 10.6. The highest BCUT2D eigenvalue weighted by molar-refractivity contribution is 7.12. The van der Waals surface area contributed by atoms with E-state index in [1.165, 1.54) is 4.88 Å². The summed E-state index contributed by atoms with van der Waals surface area (Å²) in [7, 11) is 3.43. The van der Waals surface area contributed by atoms with E-state index in [4.69, 9.17) is 14.6 Å². The molecule has 4 nitrogen and oxygen atoms in total. The van der Waals surface area contributed by atoms with Gasteiger partial charge in [0, 0.05) is 45.2 Å². The van der Waals surface area contributed by atoms with Crippen LogP contribution in [0.2, 0.25) is 0 Å². The first-order valence-corrected chi connectivity index (χ1v) is 7.50. The lowest BCUT2D eigenvalue weighted by atomic mass is 10.3. The zero-order valence-corrected chi connectivity index (χ0v) is 13.0. The van der Waals surface area contributed by atoms with Crippen LogP contribution in [-0.2, 0) is 16.0 Å². The second-order valence-electron chi connectivity index (χ2n) is 4.30. The maximum absolute atomic E-state index is 8.70. The van der Waals surface area contributed by atoms with Gasteiger partial charge >= 0.3 is 0 Å². The van der Waals surface area contributed by atoms with Gasteiger partial charge in [0.05, 0.1) is 24.7 Å². The number of hydrogen-bond donors (Lipinski definition) is 1. The summed E-state index contributed by atoms with van der Waals surface area (Å²) in [6.45, 7) is 4.23. The van der Waals surface area contributed by atoms with Crippen molar-refractivity contribution >= 4 is 11.3 Å². The first-order valence-electron chi connectivity index (χ1n) is 6.68. The Morgan fingerprint density at radius 1 is 1.20 bits per heavy atom. The van der Waals surface area contributed by atoms with Gasteiger partial charge in [0.1, 0.15) is 0 Å². The molecule has 0 spiro atoms. The molecule has 0 bridgehead atoms. The highest BCUT2D eigenvalue weighted by Crippen LogP contribution is 2.17. The lowest BCUT2D eigenvalue weighted by Gasteiger charge is -2.20. The Hall–Kier alpha value is -0.900. The summed E-state index contributed by atoms with van der Waals surface area (Å²) < 4.78 is 10.3. The van der Waals surface area contributed by atoms with E-state index in [9.17, 15) is 0 Å². The highest BCUT2D eigenvalue weighted by Gasteiger charge is 2.07. The van der Waals surface area contributed by atoms with Crippen LogP contribution in [0.5, 0.6) is 0 Å². The van der Waals surface area contributed by atoms with Crippen LogP contribution in [0.25, 0.3) is 0 Å². The minimum atomic E-state index is 0.118. The van der Waals surface area contributed by atoms with Crippen molar-refractivity contribution in [1.29, 1.82) is 0 Å². The van der Waals surface area contributed by atoms with Gasteiger partial charge in [0.25, 0.3) is 0 Å². The van der Waals surface area contributed by atoms with E-state index in [0.29, 0.717) is 6.42 Å². The smallest absolute Gasteiger partial charge is 0.0771 e. The number of ether oxygens (including phenoxy) is 2. The van der Waals surface area contributed by atoms with Gasteiger partial charge < -0.3 is 14.6 Å². The van der Waals surface area contributed by atoms with Crippen LogP contribution in [0.3, 0.4) is 0 Å². The third kappa shape index (κ3) is 7.04. The lowest BCUT2D eigenvalue weighted by molar-refractivity contribution is 0.111. The average Bonchev–Trinajstić information content (AvgIpc) is 2.89. The van der Waals surface area contributed by atoms with E-state index in [2.05, 4.69) is 22.8 Å². The zero-order chi connectivity index (χ0) is 14.6. The maximum Gasteiger partial charge on any atom is 0.0771 e. The van der Waals surface area contributed by atoms with Gasteiger partial charge in [-0.15, -0.1) is 11.3 Å². The zero-order valence-electron chi connectivity index (χ0n) is 12.2. The van der Waals surface area contributed by atoms with Crippen molar-refractivity contribution in [2.75, 3.05) is 47.1 Å². The van der Waals surface area contributed by atoms with Crippen LogP contribution < -0.4 is 0 Å². The molecule has 0 aliphatic carbocycles. The Labute approximate surface area is 125 Å². The molecule has 0 amide bonds. The Bertz CT molecular complexity index is 414. The van der Waals surface area contributed by atoms with Crippen LogP contribution in [0, 0.1) is 11.8 Å². The van der Waals surface area contributed by atoms with E-state index in [1.807, 2.05) is 6.07 Å². The van der Waals surface area contributed by atoms with Crippen molar-refractivity contribution in [2.24, 2.45) is 0 Å². The summed E-state index contributed by atoms with van der Waals surface area (Å²) >= 11 is 1.70. The molecular weight excluding hydrogens is 274 g/mol. The first-order chi connectivity index (χ1) is 9.80. The third-order valence-electron chi connectivity index (χ3n) is 2.71. The molecule has 0 atom stereocenters. The van der Waals surface area contributed by atoms with Gasteiger partial charge in [0.15, 0.2) is 0 Å². The molecule has 0 unspecified atom stereocenters. The molecule has 20 heavy (non-hydrogen) atoms. The number of methoxy groups -OCH3 is 2. The van der Waals surface area contributed by atoms with Crippen molar-refractivity contribution in [1.82, 2.24) is 4.90 Å². The molecule has 0 fully saturated rings. The van der Waals surface area contributed by atoms with Gasteiger partial charge in [-0.05, 0) is 12.1 Å². The summed E-state index contributed by atoms with van der Waals surface area (Å²) in [5, 5.41) is 8.70. The summed E-state index contributed by atoms with van der Waals surface area (Å²) in [5.74, 6) is 6.01. The molecule has 0 aliphatic heterocycles. The number of thiophene rings is 1. The summed E-state index contributed by atoms with van der Waals surface area (Å²) in [6.07, 6.45) is 0.529. The fourth-order valence-corrected chi connectivity index (χ4v) is 2.59. The Morgan fingerprint density at radius 3 is 2.50 bits per heavy atom. The largest absolute Gasteiger partial charge is 0.395 e.